The van der Waals surface area contributed by atoms with Gasteiger partial charge in [-0.05, 0) is 56.5 Å². The van der Waals surface area contributed by atoms with Crippen LogP contribution in [0.2, 0.25) is 0 Å². The van der Waals surface area contributed by atoms with Crippen molar-refractivity contribution < 1.29 is 9.53 Å². The maximum absolute atomic E-state index is 12.4. The molecule has 4 nitrogen and oxygen atoms in total. The Balaban J connectivity index is 1.67. The summed E-state index contributed by atoms with van der Waals surface area (Å²) in [5, 5.41) is 3.24. The van der Waals surface area contributed by atoms with E-state index in [9.17, 15) is 4.79 Å². The molecule has 1 atom stereocenters. The van der Waals surface area contributed by atoms with Gasteiger partial charge in [0.15, 0.2) is 0 Å². The number of hydrogen-bond donors (Lipinski definition) is 1. The Kier molecular flexibility index (Phi) is 6.13. The molecule has 1 aromatic carbocycles. The maximum atomic E-state index is 12.4. The van der Waals surface area contributed by atoms with E-state index in [2.05, 4.69) is 22.3 Å². The average molecular weight is 330 g/mol. The van der Waals surface area contributed by atoms with E-state index in [1.165, 1.54) is 37.7 Å². The van der Waals surface area contributed by atoms with Crippen molar-refractivity contribution in [2.45, 2.75) is 51.0 Å². The predicted molar refractivity (Wildman–Crippen MR) is 96.1 cm³/mol. The summed E-state index contributed by atoms with van der Waals surface area (Å²) >= 11 is 0. The summed E-state index contributed by atoms with van der Waals surface area (Å²) in [6, 6.07) is 8.58. The minimum atomic E-state index is 0.239. The van der Waals surface area contributed by atoms with Crippen molar-refractivity contribution in [1.29, 1.82) is 0 Å². The Morgan fingerprint density at radius 1 is 1.12 bits per heavy atom. The molecule has 1 aromatic rings. The third-order valence-corrected chi connectivity index (χ3v) is 5.53. The Morgan fingerprint density at radius 2 is 1.79 bits per heavy atom. The maximum Gasteiger partial charge on any atom is 0.223 e. The fraction of sp³-hybridized carbons (Fsp3) is 0.650. The molecule has 24 heavy (non-hydrogen) atoms. The number of carbonyl (C=O) groups excluding carboxylic acids is 1. The molecule has 1 aliphatic heterocycles. The van der Waals surface area contributed by atoms with Crippen LogP contribution in [-0.2, 0) is 4.79 Å². The molecule has 0 aromatic heterocycles. The van der Waals surface area contributed by atoms with Gasteiger partial charge in [0.25, 0.3) is 0 Å². The number of hydrogen-bond acceptors (Lipinski definition) is 3. The third-order valence-electron chi connectivity index (χ3n) is 5.53. The lowest BCUT2D eigenvalue weighted by Crippen LogP contribution is -2.41. The molecule has 4 heteroatoms. The van der Waals surface area contributed by atoms with E-state index in [0.717, 1.165) is 31.7 Å². The van der Waals surface area contributed by atoms with Crippen LogP contribution in [0.25, 0.3) is 0 Å². The Bertz CT molecular complexity index is 517. The zero-order valence-electron chi connectivity index (χ0n) is 14.8. The van der Waals surface area contributed by atoms with Gasteiger partial charge in [0.2, 0.25) is 5.91 Å². The molecular weight excluding hydrogens is 300 g/mol. The molecule has 1 aliphatic carbocycles. The Labute approximate surface area is 145 Å². The molecule has 0 spiro atoms. The van der Waals surface area contributed by atoms with E-state index in [0.29, 0.717) is 6.54 Å². The summed E-state index contributed by atoms with van der Waals surface area (Å²) in [7, 11) is 1.69. The van der Waals surface area contributed by atoms with E-state index >= 15 is 0 Å². The van der Waals surface area contributed by atoms with Crippen molar-refractivity contribution in [2.24, 2.45) is 5.92 Å². The first-order valence-corrected chi connectivity index (χ1v) is 9.43. The first kappa shape index (κ1) is 17.3. The number of likely N-dealkylation sites (tertiary alicyclic amines) is 1. The van der Waals surface area contributed by atoms with Crippen molar-refractivity contribution >= 4 is 5.91 Å². The highest BCUT2D eigenvalue weighted by Crippen LogP contribution is 2.27. The van der Waals surface area contributed by atoms with Crippen LogP contribution in [0.4, 0.5) is 0 Å². The second-order valence-electron chi connectivity index (χ2n) is 7.11. The number of nitrogens with one attached hydrogen (secondary N) is 1. The molecule has 1 saturated heterocycles. The highest BCUT2D eigenvalue weighted by atomic mass is 16.5. The lowest BCUT2D eigenvalue weighted by atomic mass is 10.0. The zero-order chi connectivity index (χ0) is 16.8. The minimum Gasteiger partial charge on any atom is -0.497 e. The van der Waals surface area contributed by atoms with Gasteiger partial charge in [-0.25, -0.2) is 0 Å². The van der Waals surface area contributed by atoms with Crippen LogP contribution in [0.5, 0.6) is 5.75 Å². The van der Waals surface area contributed by atoms with Crippen molar-refractivity contribution in [3.05, 3.63) is 29.8 Å². The molecule has 2 aliphatic rings. The van der Waals surface area contributed by atoms with Crippen LogP contribution in [0.1, 0.15) is 56.6 Å². The summed E-state index contributed by atoms with van der Waals surface area (Å²) in [5.41, 5.74) is 1.27. The predicted octanol–water partition coefficient (Wildman–Crippen LogP) is 3.53. The molecule has 1 saturated carbocycles. The van der Waals surface area contributed by atoms with Crippen LogP contribution in [0.15, 0.2) is 24.3 Å². The van der Waals surface area contributed by atoms with E-state index < -0.39 is 0 Å². The number of ether oxygens (including phenoxy) is 1. The summed E-state index contributed by atoms with van der Waals surface area (Å²) in [6.45, 7) is 2.95. The van der Waals surface area contributed by atoms with Gasteiger partial charge in [-0.2, -0.15) is 0 Å². The Morgan fingerprint density at radius 3 is 2.42 bits per heavy atom. The van der Waals surface area contributed by atoms with Gasteiger partial charge >= 0.3 is 0 Å². The monoisotopic (exact) mass is 330 g/mol. The number of nitrogens with zero attached hydrogens (tertiary/aromatic N) is 1. The van der Waals surface area contributed by atoms with Gasteiger partial charge in [0.1, 0.15) is 5.75 Å². The van der Waals surface area contributed by atoms with Gasteiger partial charge in [0.05, 0.1) is 13.2 Å². The van der Waals surface area contributed by atoms with Crippen molar-refractivity contribution in [1.82, 2.24) is 10.2 Å². The summed E-state index contributed by atoms with van der Waals surface area (Å²) in [6.07, 6.45) is 8.34. The first-order chi connectivity index (χ1) is 11.8. The minimum absolute atomic E-state index is 0.239. The standard InChI is InChI=1S/C20H30N2O2/c1-24-18-11-9-16(10-12-18)19(22-13-5-2-6-14-22)15-21-20(23)17-7-3-4-8-17/h9-12,17,19H,2-8,13-15H2,1H3,(H,21,23)/t19-/m0/s1. The highest BCUT2D eigenvalue weighted by molar-refractivity contribution is 5.78. The molecule has 2 fully saturated rings. The summed E-state index contributed by atoms with van der Waals surface area (Å²) in [4.78, 5) is 14.9. The van der Waals surface area contributed by atoms with Gasteiger partial charge in [-0.3, -0.25) is 9.69 Å². The lowest BCUT2D eigenvalue weighted by molar-refractivity contribution is -0.125. The average Bonchev–Trinajstić information content (AvgIpc) is 3.18. The van der Waals surface area contributed by atoms with Crippen LogP contribution in [0.3, 0.4) is 0 Å². The van der Waals surface area contributed by atoms with Crippen LogP contribution in [-0.4, -0.2) is 37.6 Å². The topological polar surface area (TPSA) is 41.6 Å². The summed E-state index contributed by atoms with van der Waals surface area (Å²) < 4.78 is 5.28. The molecule has 0 radical (unpaired) electrons. The molecular formula is C20H30N2O2. The van der Waals surface area contributed by atoms with Crippen molar-refractivity contribution in [3.8, 4) is 5.75 Å². The van der Waals surface area contributed by atoms with E-state index in [-0.39, 0.29) is 17.9 Å². The van der Waals surface area contributed by atoms with E-state index in [4.69, 9.17) is 4.74 Å². The quantitative estimate of drug-likeness (QED) is 0.867. The Hall–Kier alpha value is -1.55. The fourth-order valence-corrected chi connectivity index (χ4v) is 4.04. The van der Waals surface area contributed by atoms with Gasteiger partial charge in [0, 0.05) is 12.5 Å². The van der Waals surface area contributed by atoms with E-state index in [1.807, 2.05) is 12.1 Å². The third kappa shape index (κ3) is 4.29. The normalized spacial score (nSPS) is 20.7. The molecule has 1 heterocycles. The fourth-order valence-electron chi connectivity index (χ4n) is 4.04. The van der Waals surface area contributed by atoms with Crippen LogP contribution >= 0.6 is 0 Å². The van der Waals surface area contributed by atoms with Gasteiger partial charge < -0.3 is 10.1 Å². The largest absolute Gasteiger partial charge is 0.497 e. The van der Waals surface area contributed by atoms with Gasteiger partial charge in [-0.15, -0.1) is 0 Å². The van der Waals surface area contributed by atoms with Crippen molar-refractivity contribution in [2.75, 3.05) is 26.7 Å². The SMILES string of the molecule is COc1ccc([C@H](CNC(=O)C2CCCC2)N2CCCCC2)cc1. The number of piperidine rings is 1. The zero-order valence-corrected chi connectivity index (χ0v) is 14.8. The molecule has 0 bridgehead atoms. The van der Waals surface area contributed by atoms with Crippen LogP contribution < -0.4 is 10.1 Å². The molecule has 3 rings (SSSR count). The number of benzene rings is 1. The summed E-state index contributed by atoms with van der Waals surface area (Å²) in [5.74, 6) is 1.37. The van der Waals surface area contributed by atoms with Crippen molar-refractivity contribution in [3.63, 3.8) is 0 Å². The highest BCUT2D eigenvalue weighted by Gasteiger charge is 2.26. The number of amides is 1. The number of carbonyl (C=O) groups is 1. The first-order valence-electron chi connectivity index (χ1n) is 9.43. The second-order valence-corrected chi connectivity index (χ2v) is 7.11. The van der Waals surface area contributed by atoms with Crippen LogP contribution in [0, 0.1) is 5.92 Å². The number of rotatable bonds is 6. The smallest absolute Gasteiger partial charge is 0.223 e. The van der Waals surface area contributed by atoms with Gasteiger partial charge in [-0.1, -0.05) is 31.4 Å². The molecule has 0 unspecified atom stereocenters. The second kappa shape index (κ2) is 8.52. The number of methoxy groups -OCH3 is 1. The van der Waals surface area contributed by atoms with E-state index in [1.54, 1.807) is 7.11 Å². The molecule has 132 valence electrons. The molecule has 1 N–H and O–H groups in total. The lowest BCUT2D eigenvalue weighted by Gasteiger charge is -2.35. The molecule has 1 amide bonds.